The van der Waals surface area contributed by atoms with Crippen LogP contribution in [0.15, 0.2) is 18.2 Å². The number of hydrogen-bond donors (Lipinski definition) is 2. The highest BCUT2D eigenvalue weighted by molar-refractivity contribution is 5.83. The Morgan fingerprint density at radius 1 is 1.33 bits per heavy atom. The van der Waals surface area contributed by atoms with Crippen LogP contribution in [-0.4, -0.2) is 39.2 Å². The van der Waals surface area contributed by atoms with Gasteiger partial charge in [0, 0.05) is 19.7 Å². The lowest BCUT2D eigenvalue weighted by Crippen LogP contribution is -2.42. The van der Waals surface area contributed by atoms with E-state index in [2.05, 4.69) is 5.43 Å². The third-order valence-electron chi connectivity index (χ3n) is 2.39. The van der Waals surface area contributed by atoms with Crippen molar-refractivity contribution in [3.8, 4) is 11.5 Å². The molecule has 1 atom stereocenters. The summed E-state index contributed by atoms with van der Waals surface area (Å²) in [4.78, 5) is 11.8. The first-order chi connectivity index (χ1) is 8.49. The van der Waals surface area contributed by atoms with Gasteiger partial charge in [-0.25, -0.2) is 5.01 Å². The predicted octanol–water partition coefficient (Wildman–Crippen LogP) is 0.296. The molecule has 6 nitrogen and oxygen atoms in total. The highest BCUT2D eigenvalue weighted by Crippen LogP contribution is 2.28. The monoisotopic (exact) mass is 253 g/mol. The van der Waals surface area contributed by atoms with Crippen molar-refractivity contribution in [2.75, 3.05) is 28.3 Å². The maximum atomic E-state index is 11.8. The van der Waals surface area contributed by atoms with E-state index in [0.717, 1.165) is 0 Å². The van der Waals surface area contributed by atoms with Crippen LogP contribution in [0.5, 0.6) is 11.5 Å². The molecule has 0 bridgehead atoms. The number of benzene rings is 1. The molecule has 0 aliphatic carbocycles. The van der Waals surface area contributed by atoms with Crippen LogP contribution < -0.4 is 20.6 Å². The van der Waals surface area contributed by atoms with E-state index in [-0.39, 0.29) is 5.91 Å². The predicted molar refractivity (Wildman–Crippen MR) is 68.3 cm³/mol. The molecule has 0 aromatic heterocycles. The summed E-state index contributed by atoms with van der Waals surface area (Å²) in [5, 5.41) is 1.54. The number of carbonyl (C=O) groups is 1. The van der Waals surface area contributed by atoms with Crippen LogP contribution in [0.25, 0.3) is 0 Å². The Morgan fingerprint density at radius 3 is 2.50 bits per heavy atom. The minimum absolute atomic E-state index is 0.313. The standard InChI is InChI=1S/C12H19N3O3/c1-15(2)14-12(16)11(13)9-7-8(17-3)5-6-10(9)18-4/h5-7,11H,13H2,1-4H3,(H,14,16). The number of rotatable bonds is 5. The largest absolute Gasteiger partial charge is 0.497 e. The summed E-state index contributed by atoms with van der Waals surface area (Å²) in [6.07, 6.45) is 0. The van der Waals surface area contributed by atoms with Gasteiger partial charge < -0.3 is 15.2 Å². The number of ether oxygens (including phenoxy) is 2. The highest BCUT2D eigenvalue weighted by atomic mass is 16.5. The zero-order chi connectivity index (χ0) is 13.7. The van der Waals surface area contributed by atoms with Gasteiger partial charge in [-0.1, -0.05) is 0 Å². The molecular weight excluding hydrogens is 234 g/mol. The first-order valence-corrected chi connectivity index (χ1v) is 5.45. The maximum Gasteiger partial charge on any atom is 0.255 e. The second-order valence-corrected chi connectivity index (χ2v) is 3.96. The Hall–Kier alpha value is -1.79. The molecule has 1 aromatic rings. The molecular formula is C12H19N3O3. The number of nitrogens with one attached hydrogen (secondary N) is 1. The zero-order valence-electron chi connectivity index (χ0n) is 11.1. The number of nitrogens with two attached hydrogens (primary N) is 1. The van der Waals surface area contributed by atoms with Gasteiger partial charge in [-0.15, -0.1) is 0 Å². The molecule has 0 radical (unpaired) electrons. The van der Waals surface area contributed by atoms with Crippen LogP contribution in [0, 0.1) is 0 Å². The number of amides is 1. The van der Waals surface area contributed by atoms with Crippen molar-refractivity contribution in [2.24, 2.45) is 5.73 Å². The summed E-state index contributed by atoms with van der Waals surface area (Å²) in [6, 6.07) is 4.34. The molecule has 0 aliphatic rings. The lowest BCUT2D eigenvalue weighted by molar-refractivity contribution is -0.126. The zero-order valence-corrected chi connectivity index (χ0v) is 11.1. The number of hydrazine groups is 1. The average Bonchev–Trinajstić information content (AvgIpc) is 2.36. The van der Waals surface area contributed by atoms with Crippen molar-refractivity contribution in [2.45, 2.75) is 6.04 Å². The minimum Gasteiger partial charge on any atom is -0.497 e. The molecule has 3 N–H and O–H groups in total. The smallest absolute Gasteiger partial charge is 0.255 e. The molecule has 0 fully saturated rings. The third kappa shape index (κ3) is 3.35. The third-order valence-corrected chi connectivity index (χ3v) is 2.39. The molecule has 1 aromatic carbocycles. The van der Waals surface area contributed by atoms with Gasteiger partial charge in [-0.05, 0) is 18.2 Å². The number of carbonyl (C=O) groups excluding carboxylic acids is 1. The first kappa shape index (κ1) is 14.3. The molecule has 6 heteroatoms. The summed E-state index contributed by atoms with van der Waals surface area (Å²) in [7, 11) is 6.51. The Balaban J connectivity index is 3.02. The van der Waals surface area contributed by atoms with E-state index in [9.17, 15) is 4.79 Å². The van der Waals surface area contributed by atoms with Gasteiger partial charge >= 0.3 is 0 Å². The summed E-state index contributed by atoms with van der Waals surface area (Å²) >= 11 is 0. The Kier molecular flexibility index (Phi) is 4.94. The molecule has 1 rings (SSSR count). The summed E-state index contributed by atoms with van der Waals surface area (Å²) in [6.45, 7) is 0. The van der Waals surface area contributed by atoms with Gasteiger partial charge in [0.1, 0.15) is 17.5 Å². The fourth-order valence-corrected chi connectivity index (χ4v) is 1.51. The SMILES string of the molecule is COc1ccc(OC)c(C(N)C(=O)NN(C)C)c1. The number of hydrogen-bond acceptors (Lipinski definition) is 5. The van der Waals surface area contributed by atoms with E-state index < -0.39 is 6.04 Å². The Morgan fingerprint density at radius 2 is 2.00 bits per heavy atom. The number of methoxy groups -OCH3 is 2. The second kappa shape index (κ2) is 6.23. The minimum atomic E-state index is -0.822. The molecule has 0 saturated heterocycles. The van der Waals surface area contributed by atoms with Gasteiger partial charge in [0.05, 0.1) is 14.2 Å². The fraction of sp³-hybridized carbons (Fsp3) is 0.417. The van der Waals surface area contributed by atoms with Gasteiger partial charge in [0.2, 0.25) is 0 Å². The van der Waals surface area contributed by atoms with E-state index >= 15 is 0 Å². The van der Waals surface area contributed by atoms with E-state index in [0.29, 0.717) is 17.1 Å². The Labute approximate surface area is 107 Å². The maximum absolute atomic E-state index is 11.8. The first-order valence-electron chi connectivity index (χ1n) is 5.45. The van der Waals surface area contributed by atoms with Crippen LogP contribution in [-0.2, 0) is 4.79 Å². The van der Waals surface area contributed by atoms with E-state index in [1.54, 1.807) is 39.4 Å². The average molecular weight is 253 g/mol. The van der Waals surface area contributed by atoms with Gasteiger partial charge in [0.15, 0.2) is 0 Å². The van der Waals surface area contributed by atoms with Crippen LogP contribution in [0.3, 0.4) is 0 Å². The molecule has 100 valence electrons. The van der Waals surface area contributed by atoms with Crippen molar-refractivity contribution in [3.05, 3.63) is 23.8 Å². The molecule has 1 unspecified atom stereocenters. The summed E-state index contributed by atoms with van der Waals surface area (Å²) in [5.41, 5.74) is 9.10. The van der Waals surface area contributed by atoms with Crippen LogP contribution in [0.1, 0.15) is 11.6 Å². The quantitative estimate of drug-likeness (QED) is 0.738. The molecule has 18 heavy (non-hydrogen) atoms. The normalized spacial score (nSPS) is 12.1. The highest BCUT2D eigenvalue weighted by Gasteiger charge is 2.20. The van der Waals surface area contributed by atoms with E-state index in [1.807, 2.05) is 0 Å². The van der Waals surface area contributed by atoms with E-state index in [1.165, 1.54) is 12.1 Å². The number of nitrogens with zero attached hydrogens (tertiary/aromatic N) is 1. The fourth-order valence-electron chi connectivity index (χ4n) is 1.51. The van der Waals surface area contributed by atoms with Crippen molar-refractivity contribution in [1.29, 1.82) is 0 Å². The van der Waals surface area contributed by atoms with Crippen LogP contribution >= 0.6 is 0 Å². The summed E-state index contributed by atoms with van der Waals surface area (Å²) < 4.78 is 10.3. The van der Waals surface area contributed by atoms with Crippen molar-refractivity contribution < 1.29 is 14.3 Å². The second-order valence-electron chi connectivity index (χ2n) is 3.96. The summed E-state index contributed by atoms with van der Waals surface area (Å²) in [5.74, 6) is 0.864. The van der Waals surface area contributed by atoms with Gasteiger partial charge in [-0.3, -0.25) is 10.2 Å². The molecule has 0 spiro atoms. The van der Waals surface area contributed by atoms with Crippen LogP contribution in [0.2, 0.25) is 0 Å². The molecule has 0 saturated carbocycles. The van der Waals surface area contributed by atoms with E-state index in [4.69, 9.17) is 15.2 Å². The van der Waals surface area contributed by atoms with Crippen molar-refractivity contribution in [1.82, 2.24) is 10.4 Å². The van der Waals surface area contributed by atoms with Gasteiger partial charge in [-0.2, -0.15) is 0 Å². The lowest BCUT2D eigenvalue weighted by Gasteiger charge is -2.19. The molecule has 1 amide bonds. The van der Waals surface area contributed by atoms with Crippen molar-refractivity contribution >= 4 is 5.91 Å². The van der Waals surface area contributed by atoms with Crippen LogP contribution in [0.4, 0.5) is 0 Å². The Bertz CT molecular complexity index is 421. The topological polar surface area (TPSA) is 76.8 Å². The lowest BCUT2D eigenvalue weighted by atomic mass is 10.1. The molecule has 0 heterocycles. The van der Waals surface area contributed by atoms with Crippen molar-refractivity contribution in [3.63, 3.8) is 0 Å². The van der Waals surface area contributed by atoms with Gasteiger partial charge in [0.25, 0.3) is 5.91 Å². The molecule has 0 aliphatic heterocycles.